The van der Waals surface area contributed by atoms with Gasteiger partial charge in [-0.05, 0) is 12.8 Å². The molecule has 0 saturated carbocycles. The third-order valence-electron chi connectivity index (χ3n) is 2.68. The van der Waals surface area contributed by atoms with Gasteiger partial charge in [0, 0.05) is 27.5 Å². The van der Waals surface area contributed by atoms with Crippen molar-refractivity contribution in [3.8, 4) is 0 Å². The molecule has 0 aliphatic rings. The predicted octanol–water partition coefficient (Wildman–Crippen LogP) is 2.26. The number of hydrogen-bond acceptors (Lipinski definition) is 4. The van der Waals surface area contributed by atoms with E-state index in [1.807, 2.05) is 7.05 Å². The van der Waals surface area contributed by atoms with E-state index < -0.39 is 7.60 Å². The third kappa shape index (κ3) is 3.41. The zero-order chi connectivity index (χ0) is 12.9. The number of rotatable bonds is 7. The van der Waals surface area contributed by atoms with E-state index in [0.717, 1.165) is 31.4 Å². The van der Waals surface area contributed by atoms with E-state index in [2.05, 4.69) is 12.0 Å². The van der Waals surface area contributed by atoms with Crippen molar-refractivity contribution < 1.29 is 13.6 Å². The van der Waals surface area contributed by atoms with E-state index in [1.165, 1.54) is 14.2 Å². The van der Waals surface area contributed by atoms with Crippen molar-refractivity contribution in [2.45, 2.75) is 32.6 Å². The molecule has 0 aromatic carbocycles. The van der Waals surface area contributed by atoms with Crippen LogP contribution in [0.15, 0.2) is 6.20 Å². The number of hydrogen-bond donors (Lipinski definition) is 0. The minimum Gasteiger partial charge on any atom is -0.308 e. The number of unbranched alkanes of at least 4 members (excludes halogenated alkanes) is 2. The van der Waals surface area contributed by atoms with Gasteiger partial charge in [0.2, 0.25) is 0 Å². The monoisotopic (exact) mass is 260 g/mol. The third-order valence-corrected chi connectivity index (χ3v) is 4.60. The maximum atomic E-state index is 12.3. The number of aryl methyl sites for hydroxylation is 2. The fraction of sp³-hybridized carbons (Fsp3) is 0.727. The fourth-order valence-electron chi connectivity index (χ4n) is 1.74. The lowest BCUT2D eigenvalue weighted by molar-refractivity contribution is 0.287. The van der Waals surface area contributed by atoms with Crippen molar-refractivity contribution >= 4 is 12.9 Å². The van der Waals surface area contributed by atoms with Crippen LogP contribution in [0.4, 0.5) is 0 Å². The van der Waals surface area contributed by atoms with Crippen molar-refractivity contribution in [1.29, 1.82) is 0 Å². The molecule has 0 radical (unpaired) electrons. The Hall–Kier alpha value is -0.640. The molecule has 1 aromatic heterocycles. The Morgan fingerprint density at radius 3 is 2.53 bits per heavy atom. The van der Waals surface area contributed by atoms with Gasteiger partial charge in [0.05, 0.1) is 5.69 Å². The van der Waals surface area contributed by atoms with E-state index in [4.69, 9.17) is 9.05 Å². The lowest BCUT2D eigenvalue weighted by atomic mass is 10.2. The first-order valence-electron chi connectivity index (χ1n) is 5.82. The molecular weight excluding hydrogens is 239 g/mol. The van der Waals surface area contributed by atoms with Crippen LogP contribution in [0, 0.1) is 0 Å². The Kier molecular flexibility index (Phi) is 5.37. The second kappa shape index (κ2) is 6.34. The fourth-order valence-corrected chi connectivity index (χ4v) is 3.07. The van der Waals surface area contributed by atoms with Crippen LogP contribution < -0.4 is 5.30 Å². The van der Waals surface area contributed by atoms with Crippen LogP contribution in [0.2, 0.25) is 0 Å². The van der Waals surface area contributed by atoms with Gasteiger partial charge >= 0.3 is 7.60 Å². The highest BCUT2D eigenvalue weighted by atomic mass is 31.2. The van der Waals surface area contributed by atoms with E-state index in [9.17, 15) is 4.57 Å². The first-order valence-corrected chi connectivity index (χ1v) is 7.36. The van der Waals surface area contributed by atoms with Crippen molar-refractivity contribution in [3.05, 3.63) is 11.9 Å². The average Bonchev–Trinajstić information content (AvgIpc) is 2.70. The van der Waals surface area contributed by atoms with Gasteiger partial charge in [-0.1, -0.05) is 19.8 Å². The maximum absolute atomic E-state index is 12.3. The van der Waals surface area contributed by atoms with E-state index in [1.54, 1.807) is 10.9 Å². The van der Waals surface area contributed by atoms with Crippen LogP contribution >= 0.6 is 7.60 Å². The van der Waals surface area contributed by atoms with Gasteiger partial charge in [0.25, 0.3) is 0 Å². The summed E-state index contributed by atoms with van der Waals surface area (Å²) in [7, 11) is 1.42. The van der Waals surface area contributed by atoms with E-state index in [-0.39, 0.29) is 0 Å². The lowest BCUT2D eigenvalue weighted by Crippen LogP contribution is -2.11. The normalized spacial score (nSPS) is 12.0. The Bertz CT molecular complexity index is 395. The lowest BCUT2D eigenvalue weighted by Gasteiger charge is -2.12. The van der Waals surface area contributed by atoms with Crippen LogP contribution in [0.5, 0.6) is 0 Å². The summed E-state index contributed by atoms with van der Waals surface area (Å²) in [5.41, 5.74) is 0.813. The molecule has 0 aliphatic heterocycles. The molecule has 1 heterocycles. The van der Waals surface area contributed by atoms with Crippen LogP contribution in [-0.4, -0.2) is 24.0 Å². The van der Waals surface area contributed by atoms with Gasteiger partial charge in [-0.15, -0.1) is 0 Å². The standard InChI is InChI=1S/C11H21N2O3P/c1-5-6-7-8-10-11(9-13(2)12-10)17(14,15-3)16-4/h9H,5-8H2,1-4H3. The molecule has 0 amide bonds. The molecule has 1 rings (SSSR count). The van der Waals surface area contributed by atoms with E-state index in [0.29, 0.717) is 5.30 Å². The molecule has 0 N–H and O–H groups in total. The zero-order valence-electron chi connectivity index (χ0n) is 11.0. The van der Waals surface area contributed by atoms with Crippen LogP contribution in [0.3, 0.4) is 0 Å². The summed E-state index contributed by atoms with van der Waals surface area (Å²) in [5, 5.41) is 4.91. The van der Waals surface area contributed by atoms with Crippen molar-refractivity contribution in [2.24, 2.45) is 7.05 Å². The van der Waals surface area contributed by atoms with Gasteiger partial charge in [-0.2, -0.15) is 5.10 Å². The summed E-state index contributed by atoms with van der Waals surface area (Å²) < 4.78 is 24.0. The molecule has 6 heteroatoms. The Balaban J connectivity index is 2.94. The van der Waals surface area contributed by atoms with Crippen LogP contribution in [-0.2, 0) is 27.1 Å². The quantitative estimate of drug-likeness (QED) is 0.557. The molecule has 1 aromatic rings. The predicted molar refractivity (Wildman–Crippen MR) is 67.7 cm³/mol. The topological polar surface area (TPSA) is 53.4 Å². The molecular formula is C11H21N2O3P. The van der Waals surface area contributed by atoms with Gasteiger partial charge in [0.15, 0.2) is 0 Å². The number of nitrogens with zero attached hydrogens (tertiary/aromatic N) is 2. The average molecular weight is 260 g/mol. The number of aromatic nitrogens is 2. The highest BCUT2D eigenvalue weighted by Gasteiger charge is 2.29. The molecule has 0 fully saturated rings. The summed E-state index contributed by atoms with van der Waals surface area (Å²) in [6.07, 6.45) is 5.85. The second-order valence-corrected chi connectivity index (χ2v) is 6.16. The molecule has 17 heavy (non-hydrogen) atoms. The first-order chi connectivity index (χ1) is 8.07. The van der Waals surface area contributed by atoms with Crippen LogP contribution in [0.1, 0.15) is 31.9 Å². The second-order valence-electron chi connectivity index (χ2n) is 3.95. The minimum atomic E-state index is -3.18. The molecule has 5 nitrogen and oxygen atoms in total. The Labute approximate surface area is 103 Å². The molecule has 0 bridgehead atoms. The molecule has 98 valence electrons. The molecule has 0 saturated heterocycles. The molecule has 0 aliphatic carbocycles. The molecule has 0 unspecified atom stereocenters. The van der Waals surface area contributed by atoms with Gasteiger partial charge in [0.1, 0.15) is 5.30 Å². The summed E-state index contributed by atoms with van der Waals surface area (Å²) in [6.45, 7) is 2.15. The maximum Gasteiger partial charge on any atom is 0.364 e. The SMILES string of the molecule is CCCCCc1nn(C)cc1P(=O)(OC)OC. The van der Waals surface area contributed by atoms with E-state index >= 15 is 0 Å². The summed E-state index contributed by atoms with van der Waals surface area (Å²) in [5.74, 6) is 0. The Morgan fingerprint density at radius 2 is 2.00 bits per heavy atom. The highest BCUT2D eigenvalue weighted by Crippen LogP contribution is 2.45. The first kappa shape index (κ1) is 14.4. The highest BCUT2D eigenvalue weighted by molar-refractivity contribution is 7.62. The molecule has 0 atom stereocenters. The van der Waals surface area contributed by atoms with Gasteiger partial charge < -0.3 is 9.05 Å². The van der Waals surface area contributed by atoms with Gasteiger partial charge in [-0.3, -0.25) is 9.25 Å². The smallest absolute Gasteiger partial charge is 0.308 e. The summed E-state index contributed by atoms with van der Waals surface area (Å²) in [4.78, 5) is 0. The van der Waals surface area contributed by atoms with Crippen molar-refractivity contribution in [2.75, 3.05) is 14.2 Å². The summed E-state index contributed by atoms with van der Waals surface area (Å²) >= 11 is 0. The van der Waals surface area contributed by atoms with Crippen molar-refractivity contribution in [1.82, 2.24) is 9.78 Å². The molecule has 0 spiro atoms. The Morgan fingerprint density at radius 1 is 1.35 bits per heavy atom. The van der Waals surface area contributed by atoms with Crippen LogP contribution in [0.25, 0.3) is 0 Å². The largest absolute Gasteiger partial charge is 0.364 e. The van der Waals surface area contributed by atoms with Gasteiger partial charge in [-0.25, -0.2) is 0 Å². The summed E-state index contributed by atoms with van der Waals surface area (Å²) in [6, 6.07) is 0. The zero-order valence-corrected chi connectivity index (χ0v) is 11.9. The van der Waals surface area contributed by atoms with Crippen molar-refractivity contribution in [3.63, 3.8) is 0 Å². The minimum absolute atomic E-state index is 0.584.